The van der Waals surface area contributed by atoms with E-state index in [4.69, 9.17) is 6.57 Å². The molecular weight excluding hydrogens is 306 g/mol. The van der Waals surface area contributed by atoms with Gasteiger partial charge in [0.25, 0.3) is 0 Å². The van der Waals surface area contributed by atoms with Crippen molar-refractivity contribution in [3.8, 4) is 0 Å². The van der Waals surface area contributed by atoms with Crippen LogP contribution in [0.1, 0.15) is 50.8 Å². The standard InChI is InChI=1S/C18H25N3OS/c1-17(2,3)23(22)21-16-15-6-5-14(19-4)11-13(15)12-18(16)7-9-20-10-8-18/h5-6,11,16,20-21H,7-10,12H2,1-3H3/t16-,23-/m1/s1. The number of benzene rings is 1. The molecule has 0 unspecified atom stereocenters. The molecule has 2 aliphatic rings. The molecule has 1 spiro atoms. The summed E-state index contributed by atoms with van der Waals surface area (Å²) in [5.41, 5.74) is 3.31. The monoisotopic (exact) mass is 331 g/mol. The van der Waals surface area contributed by atoms with Gasteiger partial charge in [0.05, 0.1) is 28.3 Å². The lowest BCUT2D eigenvalue weighted by Crippen LogP contribution is -2.46. The summed E-state index contributed by atoms with van der Waals surface area (Å²) in [4.78, 5) is 3.56. The van der Waals surface area contributed by atoms with E-state index in [2.05, 4.69) is 21.0 Å². The van der Waals surface area contributed by atoms with Crippen LogP contribution < -0.4 is 10.0 Å². The van der Waals surface area contributed by atoms with Gasteiger partial charge < -0.3 is 5.32 Å². The Morgan fingerprint density at radius 1 is 1.35 bits per heavy atom. The number of nitrogens with zero attached hydrogens (tertiary/aromatic N) is 1. The predicted octanol–water partition coefficient (Wildman–Crippen LogP) is 3.26. The third-order valence-corrected chi connectivity index (χ3v) is 6.66. The van der Waals surface area contributed by atoms with Gasteiger partial charge in [-0.3, -0.25) is 0 Å². The van der Waals surface area contributed by atoms with Gasteiger partial charge in [0.1, 0.15) is 0 Å². The smallest absolute Gasteiger partial charge is 0.187 e. The Morgan fingerprint density at radius 3 is 2.65 bits per heavy atom. The predicted molar refractivity (Wildman–Crippen MR) is 94.7 cm³/mol. The van der Waals surface area contributed by atoms with E-state index in [0.29, 0.717) is 5.69 Å². The molecule has 3 rings (SSSR count). The Bertz CT molecular complexity index is 666. The van der Waals surface area contributed by atoms with Crippen molar-refractivity contribution in [1.82, 2.24) is 10.0 Å². The Hall–Kier alpha value is -1.22. The van der Waals surface area contributed by atoms with Crippen LogP contribution in [-0.4, -0.2) is 22.0 Å². The quantitative estimate of drug-likeness (QED) is 0.817. The van der Waals surface area contributed by atoms with Crippen LogP contribution >= 0.6 is 0 Å². The van der Waals surface area contributed by atoms with Gasteiger partial charge in [-0.2, -0.15) is 0 Å². The van der Waals surface area contributed by atoms with Crippen LogP contribution in [-0.2, 0) is 17.4 Å². The van der Waals surface area contributed by atoms with E-state index in [1.54, 1.807) is 0 Å². The highest BCUT2D eigenvalue weighted by atomic mass is 32.2. The van der Waals surface area contributed by atoms with Crippen molar-refractivity contribution < 1.29 is 4.21 Å². The average molecular weight is 331 g/mol. The molecule has 1 aliphatic heterocycles. The molecular formula is C18H25N3OS. The summed E-state index contributed by atoms with van der Waals surface area (Å²) in [7, 11) is -1.10. The van der Waals surface area contributed by atoms with Crippen molar-refractivity contribution in [3.05, 3.63) is 40.7 Å². The maximum absolute atomic E-state index is 12.7. The molecule has 23 heavy (non-hydrogen) atoms. The first-order chi connectivity index (χ1) is 10.9. The topological polar surface area (TPSA) is 45.5 Å². The fourth-order valence-corrected chi connectivity index (χ4v) is 4.71. The molecule has 0 aromatic heterocycles. The van der Waals surface area contributed by atoms with E-state index in [1.165, 1.54) is 11.1 Å². The zero-order chi connectivity index (χ0) is 16.7. The first-order valence-electron chi connectivity index (χ1n) is 8.25. The molecule has 5 heteroatoms. The summed E-state index contributed by atoms with van der Waals surface area (Å²) in [6.07, 6.45) is 3.13. The zero-order valence-electron chi connectivity index (χ0n) is 14.1. The fourth-order valence-electron chi connectivity index (χ4n) is 3.77. The van der Waals surface area contributed by atoms with Gasteiger partial charge in [0.2, 0.25) is 0 Å². The summed E-state index contributed by atoms with van der Waals surface area (Å²) in [6.45, 7) is 15.3. The molecule has 4 nitrogen and oxygen atoms in total. The van der Waals surface area contributed by atoms with Gasteiger partial charge in [-0.05, 0) is 64.1 Å². The molecule has 1 saturated heterocycles. The minimum atomic E-state index is -1.10. The maximum atomic E-state index is 12.7. The van der Waals surface area contributed by atoms with Crippen LogP contribution in [0.2, 0.25) is 0 Å². The SMILES string of the molecule is [C-]#[N+]c1ccc2c(c1)CC1(CCNCC1)[C@@H]2N[S@](=O)C(C)(C)C. The van der Waals surface area contributed by atoms with Crippen LogP contribution in [0.3, 0.4) is 0 Å². The van der Waals surface area contributed by atoms with Gasteiger partial charge in [-0.1, -0.05) is 23.8 Å². The van der Waals surface area contributed by atoms with Gasteiger partial charge in [-0.25, -0.2) is 13.8 Å². The van der Waals surface area contributed by atoms with Gasteiger partial charge >= 0.3 is 0 Å². The second-order valence-corrected chi connectivity index (χ2v) is 9.71. The molecule has 1 aromatic carbocycles. The maximum Gasteiger partial charge on any atom is 0.187 e. The molecule has 0 bridgehead atoms. The van der Waals surface area contributed by atoms with Crippen LogP contribution in [0.5, 0.6) is 0 Å². The number of hydrogen-bond donors (Lipinski definition) is 2. The summed E-state index contributed by atoms with van der Waals surface area (Å²) in [5, 5.41) is 3.44. The Labute approximate surface area is 141 Å². The average Bonchev–Trinajstić information content (AvgIpc) is 2.79. The molecule has 1 heterocycles. The van der Waals surface area contributed by atoms with Crippen LogP contribution in [0, 0.1) is 12.0 Å². The molecule has 1 aliphatic carbocycles. The van der Waals surface area contributed by atoms with Crippen LogP contribution in [0.4, 0.5) is 5.69 Å². The van der Waals surface area contributed by atoms with Crippen molar-refractivity contribution in [3.63, 3.8) is 0 Å². The second kappa shape index (κ2) is 6.01. The second-order valence-electron chi connectivity index (χ2n) is 7.72. The molecule has 2 N–H and O–H groups in total. The highest BCUT2D eigenvalue weighted by Gasteiger charge is 2.47. The third-order valence-electron chi connectivity index (χ3n) is 5.10. The summed E-state index contributed by atoms with van der Waals surface area (Å²) < 4.78 is 15.9. The third kappa shape index (κ3) is 3.08. The van der Waals surface area contributed by atoms with Crippen molar-refractivity contribution in [2.75, 3.05) is 13.1 Å². The molecule has 0 radical (unpaired) electrons. The first-order valence-corrected chi connectivity index (χ1v) is 9.40. The van der Waals surface area contributed by atoms with E-state index in [1.807, 2.05) is 32.9 Å². The van der Waals surface area contributed by atoms with E-state index in [9.17, 15) is 4.21 Å². The number of fused-ring (bicyclic) bond motifs is 1. The highest BCUT2D eigenvalue weighted by molar-refractivity contribution is 7.84. The van der Waals surface area contributed by atoms with Crippen molar-refractivity contribution >= 4 is 16.7 Å². The van der Waals surface area contributed by atoms with Gasteiger partial charge in [0, 0.05) is 0 Å². The van der Waals surface area contributed by atoms with Gasteiger partial charge in [0.15, 0.2) is 5.69 Å². The first kappa shape index (κ1) is 16.6. The van der Waals surface area contributed by atoms with Crippen LogP contribution in [0.15, 0.2) is 18.2 Å². The molecule has 1 fully saturated rings. The number of hydrogen-bond acceptors (Lipinski definition) is 2. The Morgan fingerprint density at radius 2 is 2.04 bits per heavy atom. The summed E-state index contributed by atoms with van der Waals surface area (Å²) >= 11 is 0. The number of rotatable bonds is 2. The molecule has 1 aromatic rings. The molecule has 0 saturated carbocycles. The lowest BCUT2D eigenvalue weighted by Gasteiger charge is -2.40. The van der Waals surface area contributed by atoms with E-state index in [-0.39, 0.29) is 16.2 Å². The Kier molecular flexibility index (Phi) is 4.35. The molecule has 0 amide bonds. The van der Waals surface area contributed by atoms with E-state index < -0.39 is 11.0 Å². The highest BCUT2D eigenvalue weighted by Crippen LogP contribution is 2.52. The zero-order valence-corrected chi connectivity index (χ0v) is 14.9. The Balaban J connectivity index is 1.98. The van der Waals surface area contributed by atoms with Crippen molar-refractivity contribution in [1.29, 1.82) is 0 Å². The van der Waals surface area contributed by atoms with Crippen molar-refractivity contribution in [2.45, 2.75) is 50.8 Å². The molecule has 124 valence electrons. The van der Waals surface area contributed by atoms with E-state index in [0.717, 1.165) is 32.4 Å². The largest absolute Gasteiger partial charge is 0.317 e. The molecule has 2 atom stereocenters. The summed E-state index contributed by atoms with van der Waals surface area (Å²) in [6, 6.07) is 6.09. The normalized spacial score (nSPS) is 24.2. The van der Waals surface area contributed by atoms with Crippen molar-refractivity contribution in [2.24, 2.45) is 5.41 Å². The lowest BCUT2D eigenvalue weighted by atomic mass is 9.73. The van der Waals surface area contributed by atoms with Gasteiger partial charge in [-0.15, -0.1) is 0 Å². The van der Waals surface area contributed by atoms with E-state index >= 15 is 0 Å². The fraction of sp³-hybridized carbons (Fsp3) is 0.611. The number of nitrogens with one attached hydrogen (secondary N) is 2. The lowest BCUT2D eigenvalue weighted by molar-refractivity contribution is 0.165. The van der Waals surface area contributed by atoms with Crippen LogP contribution in [0.25, 0.3) is 4.85 Å². The minimum absolute atomic E-state index is 0.111. The minimum Gasteiger partial charge on any atom is -0.317 e. The summed E-state index contributed by atoms with van der Waals surface area (Å²) in [5.74, 6) is 0. The number of piperidine rings is 1.